The Labute approximate surface area is 136 Å². The number of aromatic nitrogens is 4. The molecule has 0 bridgehead atoms. The number of nitrogens with two attached hydrogens (primary N) is 1. The van der Waals surface area contributed by atoms with Gasteiger partial charge in [-0.25, -0.2) is 4.98 Å². The summed E-state index contributed by atoms with van der Waals surface area (Å²) in [5.74, 6) is 0. The van der Waals surface area contributed by atoms with Gasteiger partial charge < -0.3 is 15.5 Å². The number of nitrogens with one attached hydrogen (secondary N) is 2. The summed E-state index contributed by atoms with van der Waals surface area (Å²) in [6.45, 7) is 0.502. The monoisotopic (exact) mass is 327 g/mol. The molecular weight excluding hydrogens is 314 g/mol. The molecule has 6 nitrogen and oxygen atoms in total. The fourth-order valence-electron chi connectivity index (χ4n) is 2.76. The van der Waals surface area contributed by atoms with Gasteiger partial charge >= 0.3 is 0 Å². The smallest absolute Gasteiger partial charge is 0.156 e. The lowest BCUT2D eigenvalue weighted by molar-refractivity contribution is 0.125. The topological polar surface area (TPSA) is 92.6 Å². The van der Waals surface area contributed by atoms with Crippen molar-refractivity contribution < 1.29 is 4.74 Å². The zero-order chi connectivity index (χ0) is 15.8. The van der Waals surface area contributed by atoms with Crippen LogP contribution in [0.5, 0.6) is 0 Å². The summed E-state index contributed by atoms with van der Waals surface area (Å²) < 4.78 is 5.28. The highest BCUT2D eigenvalue weighted by molar-refractivity contribution is 6.31. The zero-order valence-corrected chi connectivity index (χ0v) is 12.9. The molecule has 0 aliphatic carbocycles. The minimum absolute atomic E-state index is 0.153. The van der Waals surface area contributed by atoms with Crippen molar-refractivity contribution in [3.8, 4) is 11.1 Å². The second-order valence-corrected chi connectivity index (χ2v) is 5.64. The first kappa shape index (κ1) is 14.2. The van der Waals surface area contributed by atoms with Crippen molar-refractivity contribution in [3.05, 3.63) is 47.4 Å². The Kier molecular flexibility index (Phi) is 3.49. The van der Waals surface area contributed by atoms with Gasteiger partial charge in [0.25, 0.3) is 0 Å². The lowest BCUT2D eigenvalue weighted by Gasteiger charge is -2.06. The molecule has 0 fully saturated rings. The highest BCUT2D eigenvalue weighted by atomic mass is 35.5. The van der Waals surface area contributed by atoms with Crippen molar-refractivity contribution in [2.75, 3.05) is 6.73 Å². The van der Waals surface area contributed by atoms with Crippen LogP contribution in [0.25, 0.3) is 33.1 Å². The van der Waals surface area contributed by atoms with Gasteiger partial charge in [-0.15, -0.1) is 0 Å². The summed E-state index contributed by atoms with van der Waals surface area (Å²) in [5.41, 5.74) is 10.0. The predicted octanol–water partition coefficient (Wildman–Crippen LogP) is 3.19. The van der Waals surface area contributed by atoms with E-state index in [0.717, 1.165) is 38.8 Å². The highest BCUT2D eigenvalue weighted by Gasteiger charge is 2.13. The molecule has 0 atom stereocenters. The Balaban J connectivity index is 1.95. The van der Waals surface area contributed by atoms with Gasteiger partial charge in [0.1, 0.15) is 0 Å². The first-order chi connectivity index (χ1) is 11.3. The van der Waals surface area contributed by atoms with Gasteiger partial charge in [0.15, 0.2) is 5.65 Å². The molecule has 0 amide bonds. The highest BCUT2D eigenvalue weighted by Crippen LogP contribution is 2.34. The maximum Gasteiger partial charge on any atom is 0.156 e. The number of pyridine rings is 1. The molecule has 23 heavy (non-hydrogen) atoms. The first-order valence-electron chi connectivity index (χ1n) is 7.14. The Morgan fingerprint density at radius 3 is 2.96 bits per heavy atom. The van der Waals surface area contributed by atoms with Crippen molar-refractivity contribution in [3.63, 3.8) is 0 Å². The maximum absolute atomic E-state index is 6.15. The summed E-state index contributed by atoms with van der Waals surface area (Å²) >= 11 is 6.15. The lowest BCUT2D eigenvalue weighted by atomic mass is 10.0. The summed E-state index contributed by atoms with van der Waals surface area (Å²) in [6.07, 6.45) is 3.74. The third-order valence-corrected chi connectivity index (χ3v) is 4.01. The Hall–Kier alpha value is -2.41. The third kappa shape index (κ3) is 2.46. The lowest BCUT2D eigenvalue weighted by Crippen LogP contribution is -2.05. The Bertz CT molecular complexity index is 991. The van der Waals surface area contributed by atoms with Crippen LogP contribution >= 0.6 is 11.6 Å². The van der Waals surface area contributed by atoms with E-state index in [4.69, 9.17) is 22.1 Å². The Morgan fingerprint density at radius 1 is 1.17 bits per heavy atom. The van der Waals surface area contributed by atoms with E-state index in [-0.39, 0.29) is 6.73 Å². The van der Waals surface area contributed by atoms with Crippen molar-refractivity contribution in [1.82, 2.24) is 20.2 Å². The van der Waals surface area contributed by atoms with Crippen LogP contribution < -0.4 is 5.73 Å². The molecule has 0 aliphatic rings. The summed E-state index contributed by atoms with van der Waals surface area (Å²) in [4.78, 5) is 7.78. The molecule has 0 saturated carbocycles. The number of halogens is 1. The summed E-state index contributed by atoms with van der Waals surface area (Å²) in [6, 6.07) is 7.78. The van der Waals surface area contributed by atoms with Crippen molar-refractivity contribution >= 4 is 33.5 Å². The fourth-order valence-corrected chi connectivity index (χ4v) is 2.93. The van der Waals surface area contributed by atoms with Crippen LogP contribution in [0.15, 0.2) is 36.7 Å². The van der Waals surface area contributed by atoms with Crippen molar-refractivity contribution in [2.24, 2.45) is 5.73 Å². The van der Waals surface area contributed by atoms with E-state index in [1.165, 1.54) is 0 Å². The van der Waals surface area contributed by atoms with Crippen LogP contribution in [0.3, 0.4) is 0 Å². The molecule has 0 unspecified atom stereocenters. The minimum atomic E-state index is 0.153. The fraction of sp³-hybridized carbons (Fsp3) is 0.125. The molecule has 4 aromatic rings. The van der Waals surface area contributed by atoms with Gasteiger partial charge in [0.2, 0.25) is 0 Å². The number of H-pyrrole nitrogens is 2. The number of hydrogen-bond acceptors (Lipinski definition) is 4. The molecule has 0 aliphatic heterocycles. The number of ether oxygens (including phenoxy) is 1. The summed E-state index contributed by atoms with van der Waals surface area (Å²) in [7, 11) is 0. The standard InChI is InChI=1S/C16H14ClN5O/c17-9-1-2-15-12(3-9)13(5-19-15)11-4-10(7-23-8-18)21-16-14(11)6-20-22-16/h1-6,19H,7-8,18H2,(H,20,21,22). The number of rotatable bonds is 4. The average Bonchev–Trinajstić information content (AvgIpc) is 3.18. The van der Waals surface area contributed by atoms with Crippen LogP contribution in [0.2, 0.25) is 5.02 Å². The van der Waals surface area contributed by atoms with Gasteiger partial charge in [0, 0.05) is 33.1 Å². The van der Waals surface area contributed by atoms with E-state index < -0.39 is 0 Å². The van der Waals surface area contributed by atoms with E-state index in [9.17, 15) is 0 Å². The number of benzene rings is 1. The molecule has 7 heteroatoms. The van der Waals surface area contributed by atoms with E-state index >= 15 is 0 Å². The van der Waals surface area contributed by atoms with Crippen LogP contribution in [-0.2, 0) is 11.3 Å². The van der Waals surface area contributed by atoms with Crippen LogP contribution in [0.4, 0.5) is 0 Å². The largest absolute Gasteiger partial charge is 0.361 e. The maximum atomic E-state index is 6.15. The predicted molar refractivity (Wildman–Crippen MR) is 90.0 cm³/mol. The SMILES string of the molecule is NCOCc1cc(-c2c[nH]c3ccc(Cl)cc23)c2cn[nH]c2n1. The molecule has 116 valence electrons. The number of aromatic amines is 2. The molecule has 3 aromatic heterocycles. The Morgan fingerprint density at radius 2 is 2.09 bits per heavy atom. The van der Waals surface area contributed by atoms with Gasteiger partial charge in [-0.1, -0.05) is 11.6 Å². The van der Waals surface area contributed by atoms with E-state index in [1.54, 1.807) is 6.20 Å². The molecular formula is C16H14ClN5O. The van der Waals surface area contributed by atoms with Gasteiger partial charge in [-0.05, 0) is 29.8 Å². The second kappa shape index (κ2) is 5.66. The third-order valence-electron chi connectivity index (χ3n) is 3.78. The number of nitrogens with zero attached hydrogens (tertiary/aromatic N) is 2. The minimum Gasteiger partial charge on any atom is -0.361 e. The molecule has 4 N–H and O–H groups in total. The van der Waals surface area contributed by atoms with Gasteiger partial charge in [0.05, 0.1) is 25.2 Å². The zero-order valence-electron chi connectivity index (χ0n) is 12.1. The van der Waals surface area contributed by atoms with E-state index in [2.05, 4.69) is 20.2 Å². The first-order valence-corrected chi connectivity index (χ1v) is 7.52. The molecule has 0 radical (unpaired) electrons. The molecule has 4 rings (SSSR count). The van der Waals surface area contributed by atoms with E-state index in [1.807, 2.05) is 30.5 Å². The quantitative estimate of drug-likeness (QED) is 0.502. The van der Waals surface area contributed by atoms with E-state index in [0.29, 0.717) is 11.6 Å². The van der Waals surface area contributed by atoms with Gasteiger partial charge in [-0.3, -0.25) is 5.10 Å². The molecule has 0 saturated heterocycles. The molecule has 3 heterocycles. The average molecular weight is 328 g/mol. The van der Waals surface area contributed by atoms with Crippen molar-refractivity contribution in [2.45, 2.75) is 6.61 Å². The summed E-state index contributed by atoms with van der Waals surface area (Å²) in [5, 5.41) is 9.71. The number of hydrogen-bond donors (Lipinski definition) is 3. The molecule has 0 spiro atoms. The van der Waals surface area contributed by atoms with Crippen LogP contribution in [0, 0.1) is 0 Å². The van der Waals surface area contributed by atoms with Crippen LogP contribution in [0.1, 0.15) is 5.69 Å². The molecule has 1 aromatic carbocycles. The normalized spacial score (nSPS) is 11.6. The van der Waals surface area contributed by atoms with Crippen LogP contribution in [-0.4, -0.2) is 26.9 Å². The van der Waals surface area contributed by atoms with Crippen molar-refractivity contribution in [1.29, 1.82) is 0 Å². The van der Waals surface area contributed by atoms with Gasteiger partial charge in [-0.2, -0.15) is 5.10 Å². The second-order valence-electron chi connectivity index (χ2n) is 5.20. The number of fused-ring (bicyclic) bond motifs is 2.